The number of hydrogen-bond acceptors (Lipinski definition) is 12. The molecule has 1 atom stereocenters. The predicted molar refractivity (Wildman–Crippen MR) is 267 cm³/mol. The second kappa shape index (κ2) is 22.0. The number of carbonyl (C=O) groups is 4. The first-order valence-electron chi connectivity index (χ1n) is 22.6. The second-order valence-corrected chi connectivity index (χ2v) is 18.6. The third-order valence-electron chi connectivity index (χ3n) is 12.1. The van der Waals surface area contributed by atoms with Gasteiger partial charge in [-0.1, -0.05) is 82.8 Å². The lowest BCUT2D eigenvalue weighted by molar-refractivity contribution is -0.121. The minimum atomic E-state index is -0.347. The van der Waals surface area contributed by atoms with Gasteiger partial charge in [-0.05, 0) is 24.3 Å². The fourth-order valence-corrected chi connectivity index (χ4v) is 9.15. The molecule has 0 saturated carbocycles. The summed E-state index contributed by atoms with van der Waals surface area (Å²) in [7, 11) is 0. The van der Waals surface area contributed by atoms with Gasteiger partial charge in [-0.15, -0.1) is 0 Å². The number of carbonyl (C=O) groups excluding carboxylic acids is 4. The highest BCUT2D eigenvalue weighted by Gasteiger charge is 2.28. The van der Waals surface area contributed by atoms with Gasteiger partial charge in [0.05, 0.1) is 36.8 Å². The van der Waals surface area contributed by atoms with E-state index in [1.54, 1.807) is 46.6 Å². The molecule has 0 aliphatic carbocycles. The summed E-state index contributed by atoms with van der Waals surface area (Å²) in [5.74, 6) is 0.446. The van der Waals surface area contributed by atoms with Crippen LogP contribution < -0.4 is 18.9 Å². The Balaban J connectivity index is 0.926. The fraction of sp³-hybridized carbons (Fsp3) is 0.245. The molecule has 1 unspecified atom stereocenters. The molecule has 3 aliphatic heterocycles. The van der Waals surface area contributed by atoms with Crippen LogP contribution in [0.25, 0.3) is 11.1 Å². The van der Waals surface area contributed by atoms with E-state index in [4.69, 9.17) is 65.4 Å². The number of Topliss-reactive ketones (excluding diaryl/α,β-unsaturated/α-hetero) is 2. The number of piperidine rings is 2. The van der Waals surface area contributed by atoms with Crippen molar-refractivity contribution in [3.63, 3.8) is 0 Å². The normalized spacial score (nSPS) is 15.3. The Kier molecular flexibility index (Phi) is 15.1. The molecule has 6 aromatic rings. The van der Waals surface area contributed by atoms with Crippen molar-refractivity contribution in [2.45, 2.75) is 58.2 Å². The fourth-order valence-electron chi connectivity index (χ4n) is 8.15. The molecule has 14 nitrogen and oxygen atoms in total. The molecule has 4 aromatic carbocycles. The largest absolute Gasteiger partial charge is 0.488 e. The molecule has 2 amide bonds. The third kappa shape index (κ3) is 11.6. The van der Waals surface area contributed by atoms with Crippen LogP contribution >= 0.6 is 46.4 Å². The first kappa shape index (κ1) is 49.0. The van der Waals surface area contributed by atoms with E-state index in [0.29, 0.717) is 56.5 Å². The summed E-state index contributed by atoms with van der Waals surface area (Å²) < 4.78 is 25.0. The number of rotatable bonds is 16. The Morgan fingerprint density at radius 2 is 1.04 bits per heavy atom. The highest BCUT2D eigenvalue weighted by molar-refractivity contribution is 6.37. The summed E-state index contributed by atoms with van der Waals surface area (Å²) in [6, 6.07) is 22.7. The highest BCUT2D eigenvalue weighted by atomic mass is 35.5. The van der Waals surface area contributed by atoms with E-state index in [-0.39, 0.29) is 139 Å². The molecular formula is C53H42Cl4N6O8. The van der Waals surface area contributed by atoms with Crippen LogP contribution in [0.4, 0.5) is 0 Å². The average Bonchev–Trinajstić information content (AvgIpc) is 4.24. The van der Waals surface area contributed by atoms with E-state index < -0.39 is 0 Å². The Bertz CT molecular complexity index is 3140. The maximum Gasteiger partial charge on any atom is 0.257 e. The number of aromatic nitrogens is 2. The van der Waals surface area contributed by atoms with Gasteiger partial charge in [-0.25, -0.2) is 0 Å². The summed E-state index contributed by atoms with van der Waals surface area (Å²) in [5.41, 5.74) is 5.56. The van der Waals surface area contributed by atoms with Gasteiger partial charge in [0.2, 0.25) is 0 Å². The van der Waals surface area contributed by atoms with Gasteiger partial charge in [0.15, 0.2) is 0 Å². The number of halogens is 4. The molecule has 71 heavy (non-hydrogen) atoms. The first-order valence-corrected chi connectivity index (χ1v) is 24.1. The van der Waals surface area contributed by atoms with Crippen LogP contribution in [0.2, 0.25) is 20.1 Å². The highest BCUT2D eigenvalue weighted by Crippen LogP contribution is 2.41. The van der Waals surface area contributed by atoms with Crippen molar-refractivity contribution in [3.05, 3.63) is 162 Å². The standard InChI is InChI=1S/C53H42Cl4N6O8/c54-43-17-41(52(66)62-11-7-37(64)8-12-62)46(68-27-32-15-31(21-58)22-59-23-32)19-48(43)70-29-34-3-1-5-39(50(34)56)40-6-2-4-35(51(40)57)30-71-49-20-47(69-28-33-16-36(25-60-24-33)45-26-61-45)42(18-44(49)55)53(67)63-13-9-38(65)10-14-63/h1-6,15-20,22-26,45H,7-14,27-30H2. The zero-order chi connectivity index (χ0) is 49.6. The molecule has 18 heteroatoms. The maximum atomic E-state index is 13.9. The summed E-state index contributed by atoms with van der Waals surface area (Å²) in [6.45, 7) is 1.18. The van der Waals surface area contributed by atoms with E-state index in [1.165, 1.54) is 24.4 Å². The van der Waals surface area contributed by atoms with E-state index >= 15 is 0 Å². The lowest BCUT2D eigenvalue weighted by Crippen LogP contribution is -2.38. The third-order valence-corrected chi connectivity index (χ3v) is 13.6. The lowest BCUT2D eigenvalue weighted by atomic mass is 10.0. The monoisotopic (exact) mass is 1030 g/mol. The summed E-state index contributed by atoms with van der Waals surface area (Å²) in [5, 5.41) is 10.4. The molecule has 3 aliphatic rings. The minimum absolute atomic E-state index is 0.00710. The number of pyridine rings is 2. The number of nitrogens with zero attached hydrogens (tertiary/aromatic N) is 6. The van der Waals surface area contributed by atoms with Crippen LogP contribution in [0.15, 0.2) is 103 Å². The van der Waals surface area contributed by atoms with Crippen molar-refractivity contribution in [1.82, 2.24) is 19.8 Å². The first-order chi connectivity index (χ1) is 34.4. The summed E-state index contributed by atoms with van der Waals surface area (Å²) in [4.78, 5) is 67.4. The molecule has 0 radical (unpaired) electrons. The van der Waals surface area contributed by atoms with Gasteiger partial charge in [0.1, 0.15) is 73.1 Å². The van der Waals surface area contributed by atoms with Crippen LogP contribution in [0.5, 0.6) is 23.0 Å². The SMILES string of the molecule is N#Cc1cncc(COc2cc(OCc3cccc(-c4cccc(COc5cc(OCc6cncc(C7C=N7)c6)c(C(=O)N6CCC(=O)CC6)cc5Cl)c4Cl)c3Cl)c(Cl)cc2C(=O)N2CCC(=O)CC2)c1. The van der Waals surface area contributed by atoms with Crippen molar-refractivity contribution in [1.29, 1.82) is 5.26 Å². The Labute approximate surface area is 428 Å². The molecule has 2 fully saturated rings. The number of benzene rings is 4. The number of likely N-dealkylation sites (tertiary alicyclic amines) is 2. The van der Waals surface area contributed by atoms with Gasteiger partial charge in [-0.2, -0.15) is 5.26 Å². The molecule has 360 valence electrons. The molecule has 0 spiro atoms. The number of aliphatic imine (C=N–C) groups is 1. The van der Waals surface area contributed by atoms with Gasteiger partial charge in [0.25, 0.3) is 11.8 Å². The van der Waals surface area contributed by atoms with Gasteiger partial charge in [0, 0.05) is 134 Å². The number of amides is 2. The number of nitriles is 1. The molecule has 5 heterocycles. The molecule has 9 rings (SSSR count). The second-order valence-electron chi connectivity index (χ2n) is 17.0. The molecular weight excluding hydrogens is 990 g/mol. The van der Waals surface area contributed by atoms with Crippen molar-refractivity contribution < 1.29 is 38.1 Å². The molecule has 2 aromatic heterocycles. The molecule has 0 bridgehead atoms. The maximum absolute atomic E-state index is 13.9. The van der Waals surface area contributed by atoms with Crippen molar-refractivity contribution in [2.24, 2.45) is 4.99 Å². The Hall–Kier alpha value is -7.02. The van der Waals surface area contributed by atoms with E-state index in [9.17, 15) is 24.4 Å². The quantitative estimate of drug-likeness (QED) is 0.0902. The van der Waals surface area contributed by atoms with E-state index in [2.05, 4.69) is 21.0 Å². The van der Waals surface area contributed by atoms with Gasteiger partial charge >= 0.3 is 0 Å². The van der Waals surface area contributed by atoms with Gasteiger partial charge in [-0.3, -0.25) is 34.1 Å². The van der Waals surface area contributed by atoms with Crippen LogP contribution in [-0.4, -0.2) is 75.5 Å². The van der Waals surface area contributed by atoms with Crippen molar-refractivity contribution >= 4 is 76.0 Å². The van der Waals surface area contributed by atoms with Crippen LogP contribution in [0.3, 0.4) is 0 Å². The number of ether oxygens (including phenoxy) is 4. The summed E-state index contributed by atoms with van der Waals surface area (Å²) in [6.07, 6.45) is 9.34. The van der Waals surface area contributed by atoms with Crippen molar-refractivity contribution in [3.8, 4) is 40.2 Å². The minimum Gasteiger partial charge on any atom is -0.488 e. The van der Waals surface area contributed by atoms with Crippen molar-refractivity contribution in [2.75, 3.05) is 26.2 Å². The smallest absolute Gasteiger partial charge is 0.257 e. The lowest BCUT2D eigenvalue weighted by Gasteiger charge is -2.27. The van der Waals surface area contributed by atoms with Crippen LogP contribution in [-0.2, 0) is 36.0 Å². The Morgan fingerprint density at radius 1 is 0.592 bits per heavy atom. The Morgan fingerprint density at radius 3 is 1.51 bits per heavy atom. The molecule has 2 saturated heterocycles. The van der Waals surface area contributed by atoms with Crippen LogP contribution in [0, 0.1) is 11.3 Å². The van der Waals surface area contributed by atoms with E-state index in [0.717, 1.165) is 11.1 Å². The van der Waals surface area contributed by atoms with E-state index in [1.807, 2.05) is 42.6 Å². The molecule has 0 N–H and O–H groups in total. The predicted octanol–water partition coefficient (Wildman–Crippen LogP) is 10.7. The number of ketones is 2. The van der Waals surface area contributed by atoms with Crippen LogP contribution in [0.1, 0.15) is 85.8 Å². The number of hydrogen-bond donors (Lipinski definition) is 0. The zero-order valence-corrected chi connectivity index (χ0v) is 40.9. The topological polar surface area (TPSA) is 174 Å². The zero-order valence-electron chi connectivity index (χ0n) is 37.8. The summed E-state index contributed by atoms with van der Waals surface area (Å²) >= 11 is 27.8. The average molecular weight is 1030 g/mol. The van der Waals surface area contributed by atoms with Gasteiger partial charge < -0.3 is 28.7 Å².